The van der Waals surface area contributed by atoms with Gasteiger partial charge in [0, 0.05) is 6.42 Å². The monoisotopic (exact) mass is 287 g/mol. The van der Waals surface area contributed by atoms with E-state index in [1.807, 2.05) is 6.92 Å². The summed E-state index contributed by atoms with van der Waals surface area (Å²) in [6.45, 7) is 1.83. The predicted octanol–water partition coefficient (Wildman–Crippen LogP) is 2.58. The molecule has 0 bridgehead atoms. The molecule has 21 heavy (non-hydrogen) atoms. The maximum absolute atomic E-state index is 12.9. The largest absolute Gasteiger partial charge is 0.397 e. The third-order valence-corrected chi connectivity index (χ3v) is 4.74. The third kappa shape index (κ3) is 2.30. The van der Waals surface area contributed by atoms with Crippen LogP contribution in [-0.4, -0.2) is 16.8 Å². The molecule has 2 aliphatic rings. The summed E-state index contributed by atoms with van der Waals surface area (Å²) in [6, 6.07) is 1.75. The normalized spacial score (nSPS) is 21.9. The van der Waals surface area contributed by atoms with Crippen LogP contribution in [0.4, 0.5) is 11.5 Å². The van der Waals surface area contributed by atoms with Crippen molar-refractivity contribution in [3.8, 4) is 0 Å². The lowest BCUT2D eigenvalue weighted by atomic mass is 9.79. The van der Waals surface area contributed by atoms with Gasteiger partial charge in [0.15, 0.2) is 0 Å². The van der Waals surface area contributed by atoms with Crippen LogP contribution in [0.25, 0.3) is 0 Å². The average molecular weight is 287 g/mol. The smallest absolute Gasteiger partial charge is 0.241 e. The summed E-state index contributed by atoms with van der Waals surface area (Å²) in [6.07, 6.45) is 7.84. The van der Waals surface area contributed by atoms with Gasteiger partial charge in [-0.15, -0.1) is 0 Å². The molecule has 5 nitrogen and oxygen atoms in total. The number of imide groups is 1. The molecule has 2 heterocycles. The summed E-state index contributed by atoms with van der Waals surface area (Å²) >= 11 is 0. The van der Waals surface area contributed by atoms with Gasteiger partial charge in [-0.25, -0.2) is 9.88 Å². The maximum atomic E-state index is 12.9. The molecule has 2 fully saturated rings. The van der Waals surface area contributed by atoms with Gasteiger partial charge >= 0.3 is 0 Å². The van der Waals surface area contributed by atoms with Crippen LogP contribution < -0.4 is 10.6 Å². The van der Waals surface area contributed by atoms with Crippen molar-refractivity contribution >= 4 is 23.3 Å². The maximum Gasteiger partial charge on any atom is 0.241 e. The Kier molecular flexibility index (Phi) is 3.43. The van der Waals surface area contributed by atoms with Crippen LogP contribution in [-0.2, 0) is 9.59 Å². The van der Waals surface area contributed by atoms with Crippen LogP contribution in [0.2, 0.25) is 0 Å². The van der Waals surface area contributed by atoms with E-state index in [1.165, 1.54) is 11.1 Å². The molecular weight excluding hydrogens is 266 g/mol. The van der Waals surface area contributed by atoms with Crippen LogP contribution in [0.3, 0.4) is 0 Å². The molecule has 0 radical (unpaired) electrons. The highest BCUT2D eigenvalue weighted by Gasteiger charge is 2.52. The molecule has 1 aliphatic heterocycles. The Hall–Kier alpha value is -1.91. The number of nitrogen functional groups attached to an aromatic ring is 1. The minimum absolute atomic E-state index is 0.0604. The summed E-state index contributed by atoms with van der Waals surface area (Å²) < 4.78 is 0. The minimum Gasteiger partial charge on any atom is -0.397 e. The summed E-state index contributed by atoms with van der Waals surface area (Å²) in [5.74, 6) is 0.261. The van der Waals surface area contributed by atoms with Gasteiger partial charge in [0.1, 0.15) is 5.82 Å². The fourth-order valence-electron chi connectivity index (χ4n) is 3.63. The summed E-state index contributed by atoms with van der Waals surface area (Å²) in [5, 5.41) is 0. The Morgan fingerprint density at radius 1 is 1.19 bits per heavy atom. The van der Waals surface area contributed by atoms with Crippen molar-refractivity contribution in [1.29, 1.82) is 0 Å². The van der Waals surface area contributed by atoms with Gasteiger partial charge in [0.2, 0.25) is 11.8 Å². The Bertz CT molecular complexity index is 589. The first kappa shape index (κ1) is 14.0. The third-order valence-electron chi connectivity index (χ3n) is 4.74. The van der Waals surface area contributed by atoms with Gasteiger partial charge in [-0.1, -0.05) is 25.7 Å². The SMILES string of the molecule is Cc1cc(N)cnc1N1C(=O)CC2(CCCCCC2)C1=O. The van der Waals surface area contributed by atoms with Crippen LogP contribution in [0.5, 0.6) is 0 Å². The summed E-state index contributed by atoms with van der Waals surface area (Å²) in [5.41, 5.74) is 6.53. The molecule has 2 amide bonds. The number of carbonyl (C=O) groups is 2. The van der Waals surface area contributed by atoms with Crippen LogP contribution >= 0.6 is 0 Å². The second kappa shape index (κ2) is 5.13. The first-order valence-electron chi connectivity index (χ1n) is 7.63. The van der Waals surface area contributed by atoms with E-state index in [2.05, 4.69) is 4.98 Å². The number of hydrogen-bond acceptors (Lipinski definition) is 4. The fourth-order valence-corrected chi connectivity index (χ4v) is 3.63. The molecule has 1 aliphatic carbocycles. The number of aromatic nitrogens is 1. The molecular formula is C16H21N3O2. The molecule has 1 spiro atoms. The molecule has 1 saturated heterocycles. The lowest BCUT2D eigenvalue weighted by Crippen LogP contribution is -2.36. The zero-order valence-corrected chi connectivity index (χ0v) is 12.4. The number of nitrogens with two attached hydrogens (primary N) is 1. The number of rotatable bonds is 1. The predicted molar refractivity (Wildman–Crippen MR) is 80.6 cm³/mol. The van der Waals surface area contributed by atoms with Crippen molar-refractivity contribution < 1.29 is 9.59 Å². The number of hydrogen-bond donors (Lipinski definition) is 1. The number of amides is 2. The van der Waals surface area contributed by atoms with E-state index in [1.54, 1.807) is 6.07 Å². The highest BCUT2D eigenvalue weighted by Crippen LogP contribution is 2.45. The van der Waals surface area contributed by atoms with Gasteiger partial charge in [0.05, 0.1) is 17.3 Å². The molecule has 1 saturated carbocycles. The highest BCUT2D eigenvalue weighted by molar-refractivity contribution is 6.22. The van der Waals surface area contributed by atoms with Crippen molar-refractivity contribution in [3.05, 3.63) is 17.8 Å². The molecule has 1 aromatic heterocycles. The van der Waals surface area contributed by atoms with Gasteiger partial charge in [-0.05, 0) is 31.4 Å². The molecule has 3 rings (SSSR count). The molecule has 112 valence electrons. The molecule has 0 unspecified atom stereocenters. The Morgan fingerprint density at radius 2 is 1.86 bits per heavy atom. The van der Waals surface area contributed by atoms with Gasteiger partial charge < -0.3 is 5.73 Å². The molecule has 0 aromatic carbocycles. The first-order valence-corrected chi connectivity index (χ1v) is 7.63. The standard InChI is InChI=1S/C16H21N3O2/c1-11-8-12(17)10-18-14(11)19-13(20)9-16(15(19)21)6-4-2-3-5-7-16/h8,10H,2-7,9,17H2,1H3. The highest BCUT2D eigenvalue weighted by atomic mass is 16.2. The molecule has 2 N–H and O–H groups in total. The van der Waals surface area contributed by atoms with Crippen LogP contribution in [0.1, 0.15) is 50.5 Å². The molecule has 0 atom stereocenters. The molecule has 1 aromatic rings. The summed E-state index contributed by atoms with van der Waals surface area (Å²) in [4.78, 5) is 30.9. The van der Waals surface area contributed by atoms with Crippen molar-refractivity contribution in [2.45, 2.75) is 51.9 Å². The van der Waals surface area contributed by atoms with Crippen molar-refractivity contribution in [3.63, 3.8) is 0 Å². The summed E-state index contributed by atoms with van der Waals surface area (Å²) in [7, 11) is 0. The van der Waals surface area contributed by atoms with Crippen molar-refractivity contribution in [1.82, 2.24) is 4.98 Å². The number of carbonyl (C=O) groups excluding carboxylic acids is 2. The van der Waals surface area contributed by atoms with E-state index in [-0.39, 0.29) is 11.8 Å². The first-order chi connectivity index (χ1) is 10.0. The Morgan fingerprint density at radius 3 is 2.48 bits per heavy atom. The lowest BCUT2D eigenvalue weighted by Gasteiger charge is -2.25. The minimum atomic E-state index is -0.483. The quantitative estimate of drug-likeness (QED) is 0.805. The molecule has 5 heteroatoms. The van der Waals surface area contributed by atoms with E-state index in [4.69, 9.17) is 5.73 Å². The zero-order valence-electron chi connectivity index (χ0n) is 12.4. The number of anilines is 2. The van der Waals surface area contributed by atoms with Gasteiger partial charge in [-0.2, -0.15) is 0 Å². The zero-order chi connectivity index (χ0) is 15.0. The fraction of sp³-hybridized carbons (Fsp3) is 0.562. The number of nitrogens with zero attached hydrogens (tertiary/aromatic N) is 2. The second-order valence-electron chi connectivity index (χ2n) is 6.31. The second-order valence-corrected chi connectivity index (χ2v) is 6.31. The number of aryl methyl sites for hydroxylation is 1. The lowest BCUT2D eigenvalue weighted by molar-refractivity contribution is -0.126. The van der Waals surface area contributed by atoms with E-state index in [9.17, 15) is 9.59 Å². The van der Waals surface area contributed by atoms with E-state index >= 15 is 0 Å². The van der Waals surface area contributed by atoms with Crippen molar-refractivity contribution in [2.75, 3.05) is 10.6 Å². The van der Waals surface area contributed by atoms with E-state index < -0.39 is 5.41 Å². The van der Waals surface area contributed by atoms with Crippen molar-refractivity contribution in [2.24, 2.45) is 5.41 Å². The van der Waals surface area contributed by atoms with Gasteiger partial charge in [-0.3, -0.25) is 9.59 Å². The van der Waals surface area contributed by atoms with Gasteiger partial charge in [0.25, 0.3) is 0 Å². The Balaban J connectivity index is 1.97. The van der Waals surface area contributed by atoms with E-state index in [0.29, 0.717) is 17.9 Å². The Labute approximate surface area is 124 Å². The van der Waals surface area contributed by atoms with Crippen LogP contribution in [0.15, 0.2) is 12.3 Å². The average Bonchev–Trinajstić information content (AvgIpc) is 2.60. The van der Waals surface area contributed by atoms with Crippen LogP contribution in [0, 0.1) is 12.3 Å². The topological polar surface area (TPSA) is 76.3 Å². The van der Waals surface area contributed by atoms with E-state index in [0.717, 1.165) is 44.1 Å². The number of pyridine rings is 1.